The molecule has 1 aromatic carbocycles. The summed E-state index contributed by atoms with van der Waals surface area (Å²) >= 11 is 1.56. The van der Waals surface area contributed by atoms with Crippen molar-refractivity contribution in [2.75, 3.05) is 25.0 Å². The molecular formula is C18H22N4O3S. The van der Waals surface area contributed by atoms with Gasteiger partial charge >= 0.3 is 12.1 Å². The van der Waals surface area contributed by atoms with Gasteiger partial charge in [0.1, 0.15) is 5.01 Å². The first kappa shape index (κ1) is 18.2. The summed E-state index contributed by atoms with van der Waals surface area (Å²) in [4.78, 5) is 29.9. The third-order valence-corrected chi connectivity index (χ3v) is 4.98. The SMILES string of the molecule is CCOC(=O)N1CCC(NC(=O)Nc2cccc(-c3nccs3)c2)CC1. The average Bonchev–Trinajstić information content (AvgIpc) is 3.17. The first-order chi connectivity index (χ1) is 12.7. The minimum atomic E-state index is -0.283. The quantitative estimate of drug-likeness (QED) is 0.857. The van der Waals surface area contributed by atoms with Gasteiger partial charge in [-0.15, -0.1) is 11.3 Å². The predicted molar refractivity (Wildman–Crippen MR) is 101 cm³/mol. The lowest BCUT2D eigenvalue weighted by molar-refractivity contribution is 0.0959. The molecule has 0 bridgehead atoms. The van der Waals surface area contributed by atoms with Crippen LogP contribution in [-0.2, 0) is 4.74 Å². The van der Waals surface area contributed by atoms with Crippen LogP contribution in [0.3, 0.4) is 0 Å². The lowest BCUT2D eigenvalue weighted by atomic mass is 10.1. The first-order valence-corrected chi connectivity index (χ1v) is 9.53. The van der Waals surface area contributed by atoms with Crippen molar-refractivity contribution in [1.82, 2.24) is 15.2 Å². The highest BCUT2D eigenvalue weighted by Gasteiger charge is 2.24. The molecule has 1 saturated heterocycles. The molecule has 0 unspecified atom stereocenters. The summed E-state index contributed by atoms with van der Waals surface area (Å²) in [5.41, 5.74) is 1.69. The highest BCUT2D eigenvalue weighted by atomic mass is 32.1. The van der Waals surface area contributed by atoms with Gasteiger partial charge in [0.15, 0.2) is 0 Å². The third kappa shape index (κ3) is 4.72. The molecule has 138 valence electrons. The molecule has 26 heavy (non-hydrogen) atoms. The van der Waals surface area contributed by atoms with Crippen LogP contribution in [0.15, 0.2) is 35.8 Å². The topological polar surface area (TPSA) is 83.6 Å². The average molecular weight is 374 g/mol. The molecule has 0 spiro atoms. The molecule has 0 saturated carbocycles. The Kier molecular flexibility index (Phi) is 6.06. The predicted octanol–water partition coefficient (Wildman–Crippen LogP) is 3.55. The van der Waals surface area contributed by atoms with Crippen LogP contribution >= 0.6 is 11.3 Å². The summed E-state index contributed by atoms with van der Waals surface area (Å²) < 4.78 is 5.00. The molecule has 7 nitrogen and oxygen atoms in total. The molecule has 8 heteroatoms. The van der Waals surface area contributed by atoms with E-state index in [0.29, 0.717) is 32.5 Å². The van der Waals surface area contributed by atoms with Crippen molar-refractivity contribution >= 4 is 29.1 Å². The molecule has 0 atom stereocenters. The van der Waals surface area contributed by atoms with Crippen LogP contribution in [0.2, 0.25) is 0 Å². The lowest BCUT2D eigenvalue weighted by Crippen LogP contribution is -2.47. The molecule has 3 rings (SSSR count). The summed E-state index contributed by atoms with van der Waals surface area (Å²) in [7, 11) is 0. The normalized spacial score (nSPS) is 14.7. The summed E-state index contributed by atoms with van der Waals surface area (Å²) in [5.74, 6) is 0. The number of hydrogen-bond acceptors (Lipinski definition) is 5. The zero-order valence-electron chi connectivity index (χ0n) is 14.6. The number of thiazole rings is 1. The Bertz CT molecular complexity index is 743. The number of nitrogens with zero attached hydrogens (tertiary/aromatic N) is 2. The lowest BCUT2D eigenvalue weighted by Gasteiger charge is -2.31. The van der Waals surface area contributed by atoms with Crippen molar-refractivity contribution in [3.8, 4) is 10.6 Å². The number of piperidine rings is 1. The maximum atomic E-state index is 12.3. The Morgan fingerprint density at radius 1 is 1.35 bits per heavy atom. The number of hydrogen-bond donors (Lipinski definition) is 2. The van der Waals surface area contributed by atoms with Crippen LogP contribution in [0.5, 0.6) is 0 Å². The number of aromatic nitrogens is 1. The fourth-order valence-corrected chi connectivity index (χ4v) is 3.51. The smallest absolute Gasteiger partial charge is 0.409 e. The van der Waals surface area contributed by atoms with Gasteiger partial charge in [-0.05, 0) is 31.9 Å². The number of rotatable bonds is 4. The van der Waals surface area contributed by atoms with E-state index >= 15 is 0 Å². The number of anilines is 1. The number of carbonyl (C=O) groups is 2. The Balaban J connectivity index is 1.49. The Hall–Kier alpha value is -2.61. The van der Waals surface area contributed by atoms with E-state index in [-0.39, 0.29) is 18.2 Å². The van der Waals surface area contributed by atoms with Crippen molar-refractivity contribution in [1.29, 1.82) is 0 Å². The number of amides is 3. The second-order valence-electron chi connectivity index (χ2n) is 5.98. The van der Waals surface area contributed by atoms with E-state index in [1.165, 1.54) is 0 Å². The van der Waals surface area contributed by atoms with Gasteiger partial charge in [0.25, 0.3) is 0 Å². The van der Waals surface area contributed by atoms with Crippen molar-refractivity contribution in [2.24, 2.45) is 0 Å². The Morgan fingerprint density at radius 3 is 2.85 bits per heavy atom. The highest BCUT2D eigenvalue weighted by Crippen LogP contribution is 2.24. The number of likely N-dealkylation sites (tertiary alicyclic amines) is 1. The van der Waals surface area contributed by atoms with Crippen LogP contribution in [0.25, 0.3) is 10.6 Å². The first-order valence-electron chi connectivity index (χ1n) is 8.65. The molecule has 2 heterocycles. The molecule has 1 fully saturated rings. The highest BCUT2D eigenvalue weighted by molar-refractivity contribution is 7.13. The Labute approximate surface area is 156 Å². The van der Waals surface area contributed by atoms with E-state index in [4.69, 9.17) is 4.74 Å². The van der Waals surface area contributed by atoms with Gasteiger partial charge < -0.3 is 20.3 Å². The number of urea groups is 1. The van der Waals surface area contributed by atoms with E-state index in [9.17, 15) is 9.59 Å². The second kappa shape index (κ2) is 8.66. The largest absolute Gasteiger partial charge is 0.450 e. The molecular weight excluding hydrogens is 352 g/mol. The molecule has 2 N–H and O–H groups in total. The monoisotopic (exact) mass is 374 g/mol. The second-order valence-corrected chi connectivity index (χ2v) is 6.87. The van der Waals surface area contributed by atoms with Crippen molar-refractivity contribution in [2.45, 2.75) is 25.8 Å². The van der Waals surface area contributed by atoms with E-state index in [2.05, 4.69) is 15.6 Å². The van der Waals surface area contributed by atoms with E-state index < -0.39 is 0 Å². The van der Waals surface area contributed by atoms with E-state index in [1.807, 2.05) is 29.6 Å². The van der Waals surface area contributed by atoms with Gasteiger partial charge in [-0.1, -0.05) is 12.1 Å². The van der Waals surface area contributed by atoms with Gasteiger partial charge in [0, 0.05) is 42.0 Å². The zero-order valence-corrected chi connectivity index (χ0v) is 15.4. The molecule has 3 amide bonds. The van der Waals surface area contributed by atoms with Crippen LogP contribution in [-0.4, -0.2) is 47.7 Å². The minimum absolute atomic E-state index is 0.0443. The fraction of sp³-hybridized carbons (Fsp3) is 0.389. The summed E-state index contributed by atoms with van der Waals surface area (Å²) in [6.45, 7) is 3.34. The van der Waals surface area contributed by atoms with Gasteiger partial charge in [-0.25, -0.2) is 14.6 Å². The Morgan fingerprint density at radius 2 is 2.15 bits per heavy atom. The van der Waals surface area contributed by atoms with Crippen LogP contribution < -0.4 is 10.6 Å². The van der Waals surface area contributed by atoms with Gasteiger partial charge in [-0.3, -0.25) is 0 Å². The van der Waals surface area contributed by atoms with Gasteiger partial charge in [0.05, 0.1) is 6.61 Å². The minimum Gasteiger partial charge on any atom is -0.450 e. The number of ether oxygens (including phenoxy) is 1. The molecule has 1 aliphatic rings. The van der Waals surface area contributed by atoms with Crippen LogP contribution in [0.4, 0.5) is 15.3 Å². The van der Waals surface area contributed by atoms with E-state index in [1.54, 1.807) is 29.4 Å². The number of carbonyl (C=O) groups excluding carboxylic acids is 2. The summed E-state index contributed by atoms with van der Waals surface area (Å²) in [5, 5.41) is 8.68. The standard InChI is InChI=1S/C18H22N4O3S/c1-2-25-18(24)22-9-6-14(7-10-22)20-17(23)21-15-5-3-4-13(12-15)16-19-8-11-26-16/h3-5,8,11-12,14H,2,6-7,9-10H2,1H3,(H2,20,21,23). The molecule has 1 aromatic heterocycles. The van der Waals surface area contributed by atoms with Crippen LogP contribution in [0, 0.1) is 0 Å². The molecule has 0 aliphatic carbocycles. The molecule has 1 aliphatic heterocycles. The number of benzene rings is 1. The summed E-state index contributed by atoms with van der Waals surface area (Å²) in [6.07, 6.45) is 2.90. The zero-order chi connectivity index (χ0) is 18.4. The van der Waals surface area contributed by atoms with Crippen LogP contribution in [0.1, 0.15) is 19.8 Å². The maximum absolute atomic E-state index is 12.3. The van der Waals surface area contributed by atoms with Gasteiger partial charge in [0.2, 0.25) is 0 Å². The van der Waals surface area contributed by atoms with Crippen molar-refractivity contribution in [3.05, 3.63) is 35.8 Å². The van der Waals surface area contributed by atoms with Crippen molar-refractivity contribution in [3.63, 3.8) is 0 Å². The number of nitrogens with one attached hydrogen (secondary N) is 2. The molecule has 0 radical (unpaired) electrons. The van der Waals surface area contributed by atoms with Gasteiger partial charge in [-0.2, -0.15) is 0 Å². The third-order valence-electron chi connectivity index (χ3n) is 4.16. The van der Waals surface area contributed by atoms with Crippen molar-refractivity contribution < 1.29 is 14.3 Å². The molecule has 2 aromatic rings. The fourth-order valence-electron chi connectivity index (χ4n) is 2.87. The van der Waals surface area contributed by atoms with E-state index in [0.717, 1.165) is 16.3 Å². The summed E-state index contributed by atoms with van der Waals surface area (Å²) in [6, 6.07) is 7.41. The maximum Gasteiger partial charge on any atom is 0.409 e.